The Labute approximate surface area is 112 Å². The van der Waals surface area contributed by atoms with E-state index in [1.165, 1.54) is 0 Å². The molecule has 1 amide bonds. The van der Waals surface area contributed by atoms with E-state index in [1.807, 2.05) is 25.1 Å². The lowest BCUT2D eigenvalue weighted by Crippen LogP contribution is -2.13. The number of rotatable bonds is 4. The molecule has 0 fully saturated rings. The Bertz CT molecular complexity index is 568. The molecule has 0 aliphatic rings. The van der Waals surface area contributed by atoms with Gasteiger partial charge in [0.25, 0.3) is 5.91 Å². The van der Waals surface area contributed by atoms with Gasteiger partial charge in [-0.2, -0.15) is 0 Å². The van der Waals surface area contributed by atoms with Gasteiger partial charge in [0.05, 0.1) is 7.11 Å². The normalized spacial score (nSPS) is 10.0. The van der Waals surface area contributed by atoms with Crippen LogP contribution in [0.25, 0.3) is 0 Å². The van der Waals surface area contributed by atoms with Crippen molar-refractivity contribution in [2.24, 2.45) is 0 Å². The lowest BCUT2D eigenvalue weighted by Gasteiger charge is -2.09. The number of nitrogens with zero attached hydrogens (tertiary/aromatic N) is 1. The summed E-state index contributed by atoms with van der Waals surface area (Å²) >= 11 is 0. The van der Waals surface area contributed by atoms with Crippen LogP contribution in [0.1, 0.15) is 22.8 Å². The Kier molecular flexibility index (Phi) is 4.13. The van der Waals surface area contributed by atoms with Crippen molar-refractivity contribution >= 4 is 11.7 Å². The minimum absolute atomic E-state index is 0.170. The summed E-state index contributed by atoms with van der Waals surface area (Å²) in [6.45, 7) is 2.03. The molecule has 4 heteroatoms. The molecule has 1 heterocycles. The maximum absolute atomic E-state index is 12.1. The van der Waals surface area contributed by atoms with Crippen LogP contribution >= 0.6 is 0 Å². The third-order valence-electron chi connectivity index (χ3n) is 2.83. The smallest absolute Gasteiger partial charge is 0.256 e. The maximum Gasteiger partial charge on any atom is 0.256 e. The van der Waals surface area contributed by atoms with Crippen LogP contribution < -0.4 is 10.1 Å². The number of aromatic nitrogens is 1. The van der Waals surface area contributed by atoms with Crippen molar-refractivity contribution in [3.63, 3.8) is 0 Å². The molecular weight excluding hydrogens is 240 g/mol. The van der Waals surface area contributed by atoms with E-state index in [9.17, 15) is 4.79 Å². The molecule has 98 valence electrons. The summed E-state index contributed by atoms with van der Waals surface area (Å²) in [6.07, 6.45) is 2.45. The van der Waals surface area contributed by atoms with Gasteiger partial charge in [-0.1, -0.05) is 13.0 Å². The number of pyridine rings is 1. The lowest BCUT2D eigenvalue weighted by molar-refractivity contribution is 0.102. The molecule has 4 nitrogen and oxygen atoms in total. The third kappa shape index (κ3) is 3.10. The van der Waals surface area contributed by atoms with Crippen LogP contribution in [-0.4, -0.2) is 18.0 Å². The topological polar surface area (TPSA) is 51.2 Å². The van der Waals surface area contributed by atoms with E-state index in [-0.39, 0.29) is 5.91 Å². The molecule has 0 atom stereocenters. The number of carbonyl (C=O) groups is 1. The largest absolute Gasteiger partial charge is 0.496 e. The van der Waals surface area contributed by atoms with Crippen molar-refractivity contribution in [2.75, 3.05) is 12.4 Å². The summed E-state index contributed by atoms with van der Waals surface area (Å²) in [7, 11) is 1.63. The Morgan fingerprint density at radius 2 is 2.16 bits per heavy atom. The zero-order valence-corrected chi connectivity index (χ0v) is 11.0. The highest BCUT2D eigenvalue weighted by atomic mass is 16.5. The number of aryl methyl sites for hydroxylation is 1. The minimum Gasteiger partial charge on any atom is -0.496 e. The second kappa shape index (κ2) is 6.00. The van der Waals surface area contributed by atoms with E-state index in [4.69, 9.17) is 4.74 Å². The number of methoxy groups -OCH3 is 1. The number of amides is 1. The molecule has 0 radical (unpaired) electrons. The van der Waals surface area contributed by atoms with E-state index in [0.717, 1.165) is 17.7 Å². The first-order valence-corrected chi connectivity index (χ1v) is 6.14. The van der Waals surface area contributed by atoms with Crippen LogP contribution in [0.4, 0.5) is 5.82 Å². The van der Waals surface area contributed by atoms with Gasteiger partial charge in [0.1, 0.15) is 11.6 Å². The fourth-order valence-electron chi connectivity index (χ4n) is 1.82. The zero-order chi connectivity index (χ0) is 13.7. The van der Waals surface area contributed by atoms with Gasteiger partial charge in [-0.25, -0.2) is 4.98 Å². The highest BCUT2D eigenvalue weighted by Gasteiger charge is 2.09. The predicted octanol–water partition coefficient (Wildman–Crippen LogP) is 2.90. The Morgan fingerprint density at radius 1 is 1.32 bits per heavy atom. The standard InChI is InChI=1S/C15H16N2O2/c1-3-11-10-12(7-8-13(11)19-2)15(18)17-14-6-4-5-9-16-14/h4-10H,3H2,1-2H3,(H,16,17,18). The van der Waals surface area contributed by atoms with E-state index in [1.54, 1.807) is 31.5 Å². The molecule has 0 bridgehead atoms. The Morgan fingerprint density at radius 3 is 2.79 bits per heavy atom. The van der Waals surface area contributed by atoms with Gasteiger partial charge in [0.2, 0.25) is 0 Å². The third-order valence-corrected chi connectivity index (χ3v) is 2.83. The van der Waals surface area contributed by atoms with Gasteiger partial charge in [-0.15, -0.1) is 0 Å². The van der Waals surface area contributed by atoms with Gasteiger partial charge >= 0.3 is 0 Å². The van der Waals surface area contributed by atoms with Gasteiger partial charge in [-0.05, 0) is 42.3 Å². The SMILES string of the molecule is CCc1cc(C(=O)Nc2ccccn2)ccc1OC. The van der Waals surface area contributed by atoms with E-state index >= 15 is 0 Å². The van der Waals surface area contributed by atoms with Crippen molar-refractivity contribution < 1.29 is 9.53 Å². The van der Waals surface area contributed by atoms with Crippen molar-refractivity contribution in [2.45, 2.75) is 13.3 Å². The molecule has 19 heavy (non-hydrogen) atoms. The van der Waals surface area contributed by atoms with Gasteiger partial charge in [0, 0.05) is 11.8 Å². The van der Waals surface area contributed by atoms with E-state index in [2.05, 4.69) is 10.3 Å². The first kappa shape index (κ1) is 13.1. The molecule has 2 rings (SSSR count). The maximum atomic E-state index is 12.1. The summed E-state index contributed by atoms with van der Waals surface area (Å²) in [4.78, 5) is 16.2. The number of nitrogens with one attached hydrogen (secondary N) is 1. The quantitative estimate of drug-likeness (QED) is 0.915. The van der Waals surface area contributed by atoms with Crippen LogP contribution in [-0.2, 0) is 6.42 Å². The summed E-state index contributed by atoms with van der Waals surface area (Å²) < 4.78 is 5.25. The number of anilines is 1. The molecule has 0 saturated carbocycles. The molecule has 0 aliphatic heterocycles. The van der Waals surface area contributed by atoms with Crippen LogP contribution in [0.2, 0.25) is 0 Å². The first-order valence-electron chi connectivity index (χ1n) is 6.14. The number of hydrogen-bond acceptors (Lipinski definition) is 3. The van der Waals surface area contributed by atoms with E-state index < -0.39 is 0 Å². The Hall–Kier alpha value is -2.36. The molecular formula is C15H16N2O2. The van der Waals surface area contributed by atoms with Crippen molar-refractivity contribution in [1.82, 2.24) is 4.98 Å². The molecule has 1 aromatic heterocycles. The summed E-state index contributed by atoms with van der Waals surface area (Å²) in [5.74, 6) is 1.18. The van der Waals surface area contributed by atoms with E-state index in [0.29, 0.717) is 11.4 Å². The van der Waals surface area contributed by atoms with Crippen molar-refractivity contribution in [3.05, 3.63) is 53.7 Å². The molecule has 0 saturated heterocycles. The molecule has 1 N–H and O–H groups in total. The van der Waals surface area contributed by atoms with Crippen molar-refractivity contribution in [1.29, 1.82) is 0 Å². The average molecular weight is 256 g/mol. The number of carbonyl (C=O) groups excluding carboxylic acids is 1. The van der Waals surface area contributed by atoms with Crippen molar-refractivity contribution in [3.8, 4) is 5.75 Å². The number of ether oxygens (including phenoxy) is 1. The van der Waals surface area contributed by atoms with Crippen LogP contribution in [0.3, 0.4) is 0 Å². The average Bonchev–Trinajstić information content (AvgIpc) is 2.47. The Balaban J connectivity index is 2.20. The molecule has 1 aromatic carbocycles. The second-order valence-electron chi connectivity index (χ2n) is 4.05. The minimum atomic E-state index is -0.170. The predicted molar refractivity (Wildman–Crippen MR) is 74.6 cm³/mol. The first-order chi connectivity index (χ1) is 9.24. The van der Waals surface area contributed by atoms with Gasteiger partial charge < -0.3 is 10.1 Å². The second-order valence-corrected chi connectivity index (χ2v) is 4.05. The number of hydrogen-bond donors (Lipinski definition) is 1. The summed E-state index contributed by atoms with van der Waals surface area (Å²) in [6, 6.07) is 10.8. The molecule has 0 spiro atoms. The van der Waals surface area contributed by atoms with Crippen LogP contribution in [0, 0.1) is 0 Å². The summed E-state index contributed by atoms with van der Waals surface area (Å²) in [5.41, 5.74) is 1.61. The fourth-order valence-corrected chi connectivity index (χ4v) is 1.82. The molecule has 0 unspecified atom stereocenters. The van der Waals surface area contributed by atoms with Crippen LogP contribution in [0.5, 0.6) is 5.75 Å². The van der Waals surface area contributed by atoms with Gasteiger partial charge in [-0.3, -0.25) is 4.79 Å². The van der Waals surface area contributed by atoms with Gasteiger partial charge in [0.15, 0.2) is 0 Å². The number of benzene rings is 1. The molecule has 2 aromatic rings. The molecule has 0 aliphatic carbocycles. The highest BCUT2D eigenvalue weighted by molar-refractivity contribution is 6.03. The van der Waals surface area contributed by atoms with Crippen LogP contribution in [0.15, 0.2) is 42.6 Å². The lowest BCUT2D eigenvalue weighted by atomic mass is 10.1. The monoisotopic (exact) mass is 256 g/mol. The summed E-state index contributed by atoms with van der Waals surface area (Å²) in [5, 5.41) is 2.76. The fraction of sp³-hybridized carbons (Fsp3) is 0.200. The zero-order valence-electron chi connectivity index (χ0n) is 11.0. The highest BCUT2D eigenvalue weighted by Crippen LogP contribution is 2.20.